The van der Waals surface area contributed by atoms with Crippen molar-refractivity contribution in [2.24, 2.45) is 0 Å². The smallest absolute Gasteiger partial charge is 0.409 e. The van der Waals surface area contributed by atoms with Gasteiger partial charge >= 0.3 is 6.09 Å². The van der Waals surface area contributed by atoms with Crippen molar-refractivity contribution in [1.82, 2.24) is 29.0 Å². The molecule has 1 saturated heterocycles. The van der Waals surface area contributed by atoms with Crippen molar-refractivity contribution in [1.29, 1.82) is 0 Å². The van der Waals surface area contributed by atoms with Crippen LogP contribution in [0, 0.1) is 18.6 Å². The highest BCUT2D eigenvalue weighted by atomic mass is 32.1. The average Bonchev–Trinajstić information content (AvgIpc) is 2.84. The molecule has 0 radical (unpaired) electrons. The molecule has 0 atom stereocenters. The lowest BCUT2D eigenvalue weighted by atomic mass is 10.3. The van der Waals surface area contributed by atoms with Crippen LogP contribution in [0.2, 0.25) is 0 Å². The Morgan fingerprint density at radius 3 is 2.67 bits per heavy atom. The topological polar surface area (TPSA) is 67.9 Å². The molecule has 24 heavy (non-hydrogen) atoms. The van der Waals surface area contributed by atoms with Crippen LogP contribution in [0.15, 0.2) is 6.07 Å². The molecule has 130 valence electrons. The molecule has 0 unspecified atom stereocenters. The first-order valence-corrected chi connectivity index (χ1v) is 8.48. The number of aromatic nitrogens is 4. The zero-order chi connectivity index (χ0) is 17.3. The highest BCUT2D eigenvalue weighted by Crippen LogP contribution is 2.10. The monoisotopic (exact) mass is 350 g/mol. The number of fused-ring (bicyclic) bond motifs is 1. The summed E-state index contributed by atoms with van der Waals surface area (Å²) in [4.78, 5) is 20.1. The van der Waals surface area contributed by atoms with Crippen LogP contribution in [0.4, 0.5) is 4.79 Å². The van der Waals surface area contributed by atoms with Crippen LogP contribution in [0.3, 0.4) is 0 Å². The second-order valence-corrected chi connectivity index (χ2v) is 6.27. The molecular formula is C15H22N6O2S. The number of nitrogens with zero attached hydrogens (tertiary/aromatic N) is 6. The lowest BCUT2D eigenvalue weighted by Crippen LogP contribution is -2.49. The molecular weight excluding hydrogens is 328 g/mol. The summed E-state index contributed by atoms with van der Waals surface area (Å²) in [6.45, 7) is 9.59. The zero-order valence-electron chi connectivity index (χ0n) is 14.2. The zero-order valence-corrected chi connectivity index (χ0v) is 15.0. The molecule has 1 aliphatic rings. The van der Waals surface area contributed by atoms with Crippen LogP contribution < -0.4 is 0 Å². The molecule has 0 bridgehead atoms. The van der Waals surface area contributed by atoms with Crippen molar-refractivity contribution in [2.75, 3.05) is 32.8 Å². The Morgan fingerprint density at radius 1 is 1.29 bits per heavy atom. The third kappa shape index (κ3) is 3.27. The summed E-state index contributed by atoms with van der Waals surface area (Å²) < 4.78 is 9.36. The van der Waals surface area contributed by atoms with Crippen LogP contribution in [-0.4, -0.2) is 67.8 Å². The van der Waals surface area contributed by atoms with Gasteiger partial charge in [0, 0.05) is 37.6 Å². The van der Waals surface area contributed by atoms with E-state index in [1.165, 1.54) is 0 Å². The number of ether oxygens (including phenoxy) is 1. The van der Waals surface area contributed by atoms with Crippen molar-refractivity contribution >= 4 is 24.1 Å². The van der Waals surface area contributed by atoms with E-state index in [0.29, 0.717) is 36.9 Å². The Balaban J connectivity index is 1.71. The molecule has 0 spiro atoms. The molecule has 0 saturated carbocycles. The number of rotatable bonds is 3. The van der Waals surface area contributed by atoms with Gasteiger partial charge < -0.3 is 9.64 Å². The van der Waals surface area contributed by atoms with Crippen molar-refractivity contribution in [3.05, 3.63) is 22.2 Å². The summed E-state index contributed by atoms with van der Waals surface area (Å²) in [7, 11) is 0. The average molecular weight is 350 g/mol. The molecule has 8 nitrogen and oxygen atoms in total. The first kappa shape index (κ1) is 16.8. The fraction of sp³-hybridized carbons (Fsp3) is 0.600. The molecule has 0 N–H and O–H groups in total. The maximum Gasteiger partial charge on any atom is 0.409 e. The first-order chi connectivity index (χ1) is 11.5. The van der Waals surface area contributed by atoms with Gasteiger partial charge in [0.15, 0.2) is 0 Å². The number of aryl methyl sites for hydroxylation is 2. The van der Waals surface area contributed by atoms with Gasteiger partial charge in [-0.2, -0.15) is 0 Å². The first-order valence-electron chi connectivity index (χ1n) is 8.07. The lowest BCUT2D eigenvalue weighted by Gasteiger charge is -2.33. The van der Waals surface area contributed by atoms with Crippen molar-refractivity contribution in [3.63, 3.8) is 0 Å². The van der Waals surface area contributed by atoms with Gasteiger partial charge in [0.25, 0.3) is 5.78 Å². The summed E-state index contributed by atoms with van der Waals surface area (Å²) in [5.41, 5.74) is 1.95. The third-order valence-electron chi connectivity index (χ3n) is 4.10. The molecule has 1 amide bonds. The number of hydrogen-bond donors (Lipinski definition) is 0. The van der Waals surface area contributed by atoms with E-state index in [-0.39, 0.29) is 6.09 Å². The Bertz CT molecular complexity index is 806. The van der Waals surface area contributed by atoms with Crippen LogP contribution in [0.5, 0.6) is 0 Å². The number of carbonyl (C=O) groups excluding carboxylic acids is 1. The normalized spacial score (nSPS) is 15.9. The highest BCUT2D eigenvalue weighted by molar-refractivity contribution is 7.71. The van der Waals surface area contributed by atoms with Gasteiger partial charge in [-0.25, -0.2) is 14.5 Å². The quantitative estimate of drug-likeness (QED) is 0.784. The van der Waals surface area contributed by atoms with E-state index >= 15 is 0 Å². The largest absolute Gasteiger partial charge is 0.450 e. The highest BCUT2D eigenvalue weighted by Gasteiger charge is 2.22. The van der Waals surface area contributed by atoms with Gasteiger partial charge in [-0.15, -0.1) is 5.10 Å². The van der Waals surface area contributed by atoms with Gasteiger partial charge in [-0.3, -0.25) is 9.30 Å². The molecule has 9 heteroatoms. The summed E-state index contributed by atoms with van der Waals surface area (Å²) in [5.74, 6) is 0.627. The van der Waals surface area contributed by atoms with Gasteiger partial charge in [0.2, 0.25) is 4.77 Å². The lowest BCUT2D eigenvalue weighted by molar-refractivity contribution is 0.0691. The minimum Gasteiger partial charge on any atom is -0.450 e. The van der Waals surface area contributed by atoms with Crippen molar-refractivity contribution < 1.29 is 9.53 Å². The summed E-state index contributed by atoms with van der Waals surface area (Å²) in [6, 6.07) is 1.99. The predicted octanol–water partition coefficient (Wildman–Crippen LogP) is 1.61. The summed E-state index contributed by atoms with van der Waals surface area (Å²) in [5, 5.41) is 4.53. The molecule has 2 aromatic heterocycles. The maximum absolute atomic E-state index is 11.7. The van der Waals surface area contributed by atoms with Crippen LogP contribution in [-0.2, 0) is 11.4 Å². The Kier molecular flexibility index (Phi) is 4.81. The van der Waals surface area contributed by atoms with Gasteiger partial charge in [-0.1, -0.05) is 0 Å². The molecule has 1 fully saturated rings. The van der Waals surface area contributed by atoms with E-state index in [9.17, 15) is 4.79 Å². The number of hydrogen-bond acceptors (Lipinski definition) is 6. The Hall–Kier alpha value is -2.00. The predicted molar refractivity (Wildman–Crippen MR) is 91.5 cm³/mol. The summed E-state index contributed by atoms with van der Waals surface area (Å²) >= 11 is 5.54. The van der Waals surface area contributed by atoms with Crippen molar-refractivity contribution in [3.8, 4) is 0 Å². The number of piperazine rings is 1. The van der Waals surface area contributed by atoms with E-state index in [4.69, 9.17) is 17.0 Å². The Labute approximate surface area is 145 Å². The minimum absolute atomic E-state index is 0.239. The second kappa shape index (κ2) is 6.86. The minimum atomic E-state index is -0.239. The molecule has 2 aromatic rings. The van der Waals surface area contributed by atoms with E-state index in [1.54, 1.807) is 9.58 Å². The van der Waals surface area contributed by atoms with Gasteiger partial charge in [0.1, 0.15) is 0 Å². The fourth-order valence-corrected chi connectivity index (χ4v) is 3.23. The number of carbonyl (C=O) groups is 1. The SMILES string of the molecule is CCOC(=O)N1CCN(Cn2nc3nc(C)cc(C)n3c2=S)CC1. The molecule has 0 aromatic carbocycles. The fourth-order valence-electron chi connectivity index (χ4n) is 2.90. The van der Waals surface area contributed by atoms with E-state index in [0.717, 1.165) is 24.5 Å². The molecule has 0 aliphatic carbocycles. The molecule has 3 heterocycles. The van der Waals surface area contributed by atoms with E-state index < -0.39 is 0 Å². The van der Waals surface area contributed by atoms with Crippen LogP contribution in [0.1, 0.15) is 18.3 Å². The summed E-state index contributed by atoms with van der Waals surface area (Å²) in [6.07, 6.45) is -0.239. The van der Waals surface area contributed by atoms with Crippen molar-refractivity contribution in [2.45, 2.75) is 27.4 Å². The van der Waals surface area contributed by atoms with Crippen LogP contribution in [0.25, 0.3) is 5.78 Å². The molecule has 3 rings (SSSR count). The van der Waals surface area contributed by atoms with Crippen LogP contribution >= 0.6 is 12.2 Å². The van der Waals surface area contributed by atoms with Gasteiger partial charge in [-0.05, 0) is 39.1 Å². The van der Waals surface area contributed by atoms with Gasteiger partial charge in [0.05, 0.1) is 13.3 Å². The third-order valence-corrected chi connectivity index (χ3v) is 4.49. The standard InChI is InChI=1S/C15H22N6O2S/c1-4-23-15(22)19-7-5-18(6-8-19)10-20-14(24)21-12(3)9-11(2)16-13(21)17-20/h9H,4-8,10H2,1-3H3. The van der Waals surface area contributed by atoms with E-state index in [1.807, 2.05) is 31.2 Å². The number of amides is 1. The van der Waals surface area contributed by atoms with E-state index in [2.05, 4.69) is 15.0 Å². The Morgan fingerprint density at radius 2 is 2.00 bits per heavy atom. The molecule has 1 aliphatic heterocycles. The maximum atomic E-state index is 11.7. The second-order valence-electron chi connectivity index (χ2n) is 5.90.